The van der Waals surface area contributed by atoms with Crippen molar-refractivity contribution in [2.45, 2.75) is 31.8 Å². The zero-order valence-electron chi connectivity index (χ0n) is 16.0. The van der Waals surface area contributed by atoms with E-state index in [0.717, 1.165) is 16.6 Å². The van der Waals surface area contributed by atoms with Gasteiger partial charge in [-0.25, -0.2) is 4.98 Å². The normalized spacial score (nSPS) is 17.3. The Bertz CT molecular complexity index is 1160. The standard InChI is InChI=1S/C23H22N2O4/c1-2-28-23(27)22-10-15-9-14(7-8-21(15)29-22)20(26)11-18-16-5-3-4-6-17(16)19-12-24-13-25(18)19/h3-10,12-13,18,20,23,26-27H,2,11H2,1H3. The molecule has 148 valence electrons. The molecule has 0 saturated carbocycles. The van der Waals surface area contributed by atoms with Gasteiger partial charge in [0, 0.05) is 24.0 Å². The molecule has 4 aromatic rings. The van der Waals surface area contributed by atoms with Crippen molar-refractivity contribution in [3.8, 4) is 11.3 Å². The number of benzene rings is 2. The Morgan fingerprint density at radius 3 is 2.90 bits per heavy atom. The molecule has 0 saturated heterocycles. The zero-order valence-corrected chi connectivity index (χ0v) is 16.0. The number of aliphatic hydroxyl groups is 2. The van der Waals surface area contributed by atoms with E-state index in [0.29, 0.717) is 24.4 Å². The monoisotopic (exact) mass is 390 g/mol. The van der Waals surface area contributed by atoms with E-state index in [1.807, 2.05) is 49.8 Å². The average Bonchev–Trinajstić information content (AvgIpc) is 3.43. The maximum absolute atomic E-state index is 11.0. The minimum atomic E-state index is -1.09. The fourth-order valence-corrected chi connectivity index (χ4v) is 4.17. The first-order valence-electron chi connectivity index (χ1n) is 9.78. The van der Waals surface area contributed by atoms with Crippen molar-refractivity contribution in [2.24, 2.45) is 0 Å². The Kier molecular flexibility index (Phi) is 4.47. The predicted molar refractivity (Wildman–Crippen MR) is 108 cm³/mol. The number of rotatable bonds is 6. The molecule has 1 aliphatic rings. The highest BCUT2D eigenvalue weighted by Crippen LogP contribution is 2.43. The van der Waals surface area contributed by atoms with Crippen LogP contribution in [0.5, 0.6) is 0 Å². The van der Waals surface area contributed by atoms with Gasteiger partial charge in [-0.1, -0.05) is 30.3 Å². The summed E-state index contributed by atoms with van der Waals surface area (Å²) in [6.45, 7) is 2.20. The van der Waals surface area contributed by atoms with E-state index in [1.165, 1.54) is 11.1 Å². The van der Waals surface area contributed by atoms with Crippen LogP contribution in [-0.4, -0.2) is 26.4 Å². The lowest BCUT2D eigenvalue weighted by molar-refractivity contribution is -0.109. The molecule has 3 unspecified atom stereocenters. The van der Waals surface area contributed by atoms with E-state index in [-0.39, 0.29) is 6.04 Å². The SMILES string of the molecule is CCOC(O)c1cc2cc(C(O)CC3c4ccccc4-c4cncn43)ccc2o1. The zero-order chi connectivity index (χ0) is 20.0. The second kappa shape index (κ2) is 7.15. The average molecular weight is 390 g/mol. The van der Waals surface area contributed by atoms with Crippen LogP contribution in [0.15, 0.2) is 65.5 Å². The molecule has 6 nitrogen and oxygen atoms in total. The minimum Gasteiger partial charge on any atom is -0.456 e. The van der Waals surface area contributed by atoms with Crippen LogP contribution < -0.4 is 0 Å². The summed E-state index contributed by atoms with van der Waals surface area (Å²) in [5, 5.41) is 21.8. The van der Waals surface area contributed by atoms with Gasteiger partial charge in [0.1, 0.15) is 5.58 Å². The summed E-state index contributed by atoms with van der Waals surface area (Å²) in [5.74, 6) is 0.362. The lowest BCUT2D eigenvalue weighted by Crippen LogP contribution is -2.10. The molecule has 2 aromatic heterocycles. The van der Waals surface area contributed by atoms with Crippen molar-refractivity contribution in [3.05, 3.63) is 77.9 Å². The van der Waals surface area contributed by atoms with Crippen LogP contribution in [0.3, 0.4) is 0 Å². The van der Waals surface area contributed by atoms with E-state index in [2.05, 4.69) is 21.7 Å². The second-order valence-electron chi connectivity index (χ2n) is 7.29. The maximum Gasteiger partial charge on any atom is 0.214 e. The van der Waals surface area contributed by atoms with Gasteiger partial charge in [-0.15, -0.1) is 0 Å². The van der Waals surface area contributed by atoms with Crippen molar-refractivity contribution >= 4 is 11.0 Å². The van der Waals surface area contributed by atoms with Gasteiger partial charge in [0.25, 0.3) is 0 Å². The predicted octanol–water partition coefficient (Wildman–Crippen LogP) is 4.35. The molecular formula is C23H22N2O4. The molecule has 0 spiro atoms. The van der Waals surface area contributed by atoms with Crippen molar-refractivity contribution < 1.29 is 19.4 Å². The van der Waals surface area contributed by atoms with E-state index < -0.39 is 12.4 Å². The smallest absolute Gasteiger partial charge is 0.214 e. The van der Waals surface area contributed by atoms with Crippen LogP contribution in [0.1, 0.15) is 48.7 Å². The largest absolute Gasteiger partial charge is 0.456 e. The molecular weight excluding hydrogens is 368 g/mol. The van der Waals surface area contributed by atoms with Gasteiger partial charge in [0.15, 0.2) is 5.76 Å². The van der Waals surface area contributed by atoms with Crippen molar-refractivity contribution in [2.75, 3.05) is 6.61 Å². The number of imidazole rings is 1. The first kappa shape index (κ1) is 18.1. The second-order valence-corrected chi connectivity index (χ2v) is 7.29. The Labute approximate surface area is 168 Å². The molecule has 0 amide bonds. The van der Waals surface area contributed by atoms with E-state index in [9.17, 15) is 10.2 Å². The minimum absolute atomic E-state index is 0.0362. The van der Waals surface area contributed by atoms with Gasteiger partial charge in [0.05, 0.1) is 30.4 Å². The van der Waals surface area contributed by atoms with Gasteiger partial charge >= 0.3 is 0 Å². The summed E-state index contributed by atoms with van der Waals surface area (Å²) in [6, 6.07) is 15.6. The van der Waals surface area contributed by atoms with Crippen LogP contribution in [-0.2, 0) is 4.74 Å². The Hall–Kier alpha value is -2.93. The van der Waals surface area contributed by atoms with E-state index in [4.69, 9.17) is 9.15 Å². The molecule has 29 heavy (non-hydrogen) atoms. The van der Waals surface area contributed by atoms with Crippen LogP contribution in [0, 0.1) is 0 Å². The molecule has 1 aliphatic heterocycles. The summed E-state index contributed by atoms with van der Waals surface area (Å²) in [7, 11) is 0. The molecule has 2 N–H and O–H groups in total. The van der Waals surface area contributed by atoms with E-state index in [1.54, 1.807) is 6.07 Å². The summed E-state index contributed by atoms with van der Waals surface area (Å²) < 4.78 is 13.0. The van der Waals surface area contributed by atoms with E-state index >= 15 is 0 Å². The Balaban J connectivity index is 1.43. The molecule has 0 fully saturated rings. The fraction of sp³-hybridized carbons (Fsp3) is 0.261. The van der Waals surface area contributed by atoms with Gasteiger partial charge < -0.3 is 23.9 Å². The highest BCUT2D eigenvalue weighted by molar-refractivity contribution is 5.79. The summed E-state index contributed by atoms with van der Waals surface area (Å²) in [6.07, 6.45) is 2.50. The third kappa shape index (κ3) is 3.06. The van der Waals surface area contributed by atoms with Gasteiger partial charge in [-0.05, 0) is 36.2 Å². The first-order chi connectivity index (χ1) is 14.2. The molecule has 2 aromatic carbocycles. The molecule has 3 heterocycles. The lowest BCUT2D eigenvalue weighted by Gasteiger charge is -2.19. The van der Waals surface area contributed by atoms with Crippen LogP contribution in [0.4, 0.5) is 0 Å². The highest BCUT2D eigenvalue weighted by Gasteiger charge is 2.30. The molecule has 5 rings (SSSR count). The molecule has 6 heteroatoms. The summed E-state index contributed by atoms with van der Waals surface area (Å²) >= 11 is 0. The third-order valence-corrected chi connectivity index (χ3v) is 5.56. The Morgan fingerprint density at radius 2 is 2.03 bits per heavy atom. The third-order valence-electron chi connectivity index (χ3n) is 5.56. The van der Waals surface area contributed by atoms with Crippen molar-refractivity contribution in [1.82, 2.24) is 9.55 Å². The number of fused-ring (bicyclic) bond motifs is 4. The number of ether oxygens (including phenoxy) is 1. The quantitative estimate of drug-likeness (QED) is 0.479. The first-order valence-corrected chi connectivity index (χ1v) is 9.78. The van der Waals surface area contributed by atoms with Gasteiger partial charge in [-0.3, -0.25) is 0 Å². The number of hydrogen-bond donors (Lipinski definition) is 2. The molecule has 0 aliphatic carbocycles. The topological polar surface area (TPSA) is 80.6 Å². The number of nitrogens with zero attached hydrogens (tertiary/aromatic N) is 2. The summed E-state index contributed by atoms with van der Waals surface area (Å²) in [4.78, 5) is 4.28. The number of furan rings is 1. The molecule has 3 atom stereocenters. The van der Waals surface area contributed by atoms with Crippen LogP contribution in [0.25, 0.3) is 22.2 Å². The number of aliphatic hydroxyl groups excluding tert-OH is 2. The molecule has 0 radical (unpaired) electrons. The molecule has 0 bridgehead atoms. The number of aromatic nitrogens is 2. The van der Waals surface area contributed by atoms with Crippen molar-refractivity contribution in [3.63, 3.8) is 0 Å². The summed E-state index contributed by atoms with van der Waals surface area (Å²) in [5.41, 5.74) is 4.91. The van der Waals surface area contributed by atoms with Gasteiger partial charge in [-0.2, -0.15) is 0 Å². The van der Waals surface area contributed by atoms with Crippen LogP contribution >= 0.6 is 0 Å². The van der Waals surface area contributed by atoms with Gasteiger partial charge in [0.2, 0.25) is 6.29 Å². The lowest BCUT2D eigenvalue weighted by atomic mass is 9.95. The van der Waals surface area contributed by atoms with Crippen LogP contribution in [0.2, 0.25) is 0 Å². The maximum atomic E-state index is 11.0. The van der Waals surface area contributed by atoms with Crippen molar-refractivity contribution in [1.29, 1.82) is 0 Å². The highest BCUT2D eigenvalue weighted by atomic mass is 16.6. The fourth-order valence-electron chi connectivity index (χ4n) is 4.17. The number of hydrogen-bond acceptors (Lipinski definition) is 5. The Morgan fingerprint density at radius 1 is 1.17 bits per heavy atom.